The number of thioether (sulfide) groups is 1. The first-order valence-electron chi connectivity index (χ1n) is 12.0. The summed E-state index contributed by atoms with van der Waals surface area (Å²) in [6, 6.07) is 25.8. The average molecular weight is 637 g/mol. The van der Waals surface area contributed by atoms with Crippen molar-refractivity contribution in [2.24, 2.45) is 4.99 Å². The predicted molar refractivity (Wildman–Crippen MR) is 162 cm³/mol. The minimum Gasteiger partial charge on any atom is -0.494 e. The zero-order valence-corrected chi connectivity index (χ0v) is 23.8. The van der Waals surface area contributed by atoms with Gasteiger partial charge >= 0.3 is 0 Å². The molecule has 0 aromatic heterocycles. The topological polar surface area (TPSA) is 69.2 Å². The summed E-state index contributed by atoms with van der Waals surface area (Å²) < 4.78 is 18.2. The smallest absolute Gasteiger partial charge is 0.264 e. The number of benzene rings is 4. The standard InChI is InChI=1S/C30H25IN2O4S/c1-3-36-24-12-10-23(11-13-24)32-30-33-29(34)27(38-30)17-20-15-25(31)28(26(16-20)35-2)37-18-19-8-9-21-6-4-5-7-22(21)14-19/h4-17H,3,18H2,1-2H3,(H,32,33,34)/b27-17+. The molecule has 5 rings (SSSR count). The molecule has 0 unspecified atom stereocenters. The second-order valence-electron chi connectivity index (χ2n) is 8.41. The zero-order valence-electron chi connectivity index (χ0n) is 20.9. The first-order chi connectivity index (χ1) is 18.5. The highest BCUT2D eigenvalue weighted by Crippen LogP contribution is 2.37. The van der Waals surface area contributed by atoms with Crippen molar-refractivity contribution in [1.29, 1.82) is 0 Å². The highest BCUT2D eigenvalue weighted by Gasteiger charge is 2.24. The molecule has 0 saturated carbocycles. The molecule has 8 heteroatoms. The molecule has 1 saturated heterocycles. The number of fused-ring (bicyclic) bond motifs is 1. The van der Waals surface area contributed by atoms with Crippen LogP contribution in [0.3, 0.4) is 0 Å². The molecule has 4 aromatic rings. The molecular formula is C30H25IN2O4S. The van der Waals surface area contributed by atoms with E-state index in [1.165, 1.54) is 22.5 Å². The second kappa shape index (κ2) is 11.9. The Balaban J connectivity index is 1.31. The maximum atomic E-state index is 12.6. The Bertz CT molecular complexity index is 1550. The van der Waals surface area contributed by atoms with Gasteiger partial charge in [-0.05, 0) is 112 Å². The van der Waals surface area contributed by atoms with Crippen LogP contribution in [0.15, 0.2) is 88.8 Å². The number of halogens is 1. The molecule has 1 N–H and O–H groups in total. The number of carbonyl (C=O) groups is 1. The molecule has 0 aliphatic carbocycles. The lowest BCUT2D eigenvalue weighted by Crippen LogP contribution is -2.19. The fraction of sp³-hybridized carbons (Fsp3) is 0.133. The lowest BCUT2D eigenvalue weighted by Gasteiger charge is -2.14. The van der Waals surface area contributed by atoms with Gasteiger partial charge in [-0.15, -0.1) is 0 Å². The number of hydrogen-bond donors (Lipinski definition) is 1. The first kappa shape index (κ1) is 26.1. The van der Waals surface area contributed by atoms with Crippen molar-refractivity contribution in [3.8, 4) is 17.2 Å². The van der Waals surface area contributed by atoms with Gasteiger partial charge in [0.25, 0.3) is 5.91 Å². The molecule has 1 amide bonds. The molecule has 0 radical (unpaired) electrons. The van der Waals surface area contributed by atoms with Crippen LogP contribution in [0.5, 0.6) is 17.2 Å². The van der Waals surface area contributed by atoms with Crippen molar-refractivity contribution in [1.82, 2.24) is 5.32 Å². The first-order valence-corrected chi connectivity index (χ1v) is 13.9. The number of nitrogens with one attached hydrogen (secondary N) is 1. The Morgan fingerprint density at radius 2 is 1.76 bits per heavy atom. The van der Waals surface area contributed by atoms with E-state index in [1.807, 2.05) is 61.5 Å². The summed E-state index contributed by atoms with van der Waals surface area (Å²) in [6.07, 6.45) is 1.83. The van der Waals surface area contributed by atoms with E-state index in [9.17, 15) is 4.79 Å². The van der Waals surface area contributed by atoms with Crippen LogP contribution in [0, 0.1) is 3.57 Å². The zero-order chi connectivity index (χ0) is 26.5. The number of carbonyl (C=O) groups excluding carboxylic acids is 1. The van der Waals surface area contributed by atoms with E-state index in [0.717, 1.165) is 26.1 Å². The summed E-state index contributed by atoms with van der Waals surface area (Å²) in [7, 11) is 1.61. The molecular weight excluding hydrogens is 611 g/mol. The van der Waals surface area contributed by atoms with Crippen molar-refractivity contribution in [2.45, 2.75) is 13.5 Å². The van der Waals surface area contributed by atoms with Gasteiger partial charge in [0.05, 0.1) is 27.9 Å². The van der Waals surface area contributed by atoms with E-state index in [2.05, 4.69) is 63.2 Å². The van der Waals surface area contributed by atoms with Crippen LogP contribution in [0.1, 0.15) is 18.1 Å². The molecule has 0 atom stereocenters. The molecule has 4 aromatic carbocycles. The molecule has 1 aliphatic rings. The largest absolute Gasteiger partial charge is 0.494 e. The summed E-state index contributed by atoms with van der Waals surface area (Å²) in [5, 5.41) is 5.74. The Morgan fingerprint density at radius 1 is 0.974 bits per heavy atom. The minimum absolute atomic E-state index is 0.190. The Kier molecular flexibility index (Phi) is 8.19. The van der Waals surface area contributed by atoms with Crippen LogP contribution >= 0.6 is 34.4 Å². The highest BCUT2D eigenvalue weighted by atomic mass is 127. The van der Waals surface area contributed by atoms with Gasteiger partial charge in [0.2, 0.25) is 0 Å². The number of nitrogens with zero attached hydrogens (tertiary/aromatic N) is 1. The molecule has 1 aliphatic heterocycles. The third-order valence-corrected chi connectivity index (χ3v) is 7.49. The van der Waals surface area contributed by atoms with E-state index in [4.69, 9.17) is 14.2 Å². The number of amides is 1. The normalized spacial score (nSPS) is 15.2. The number of methoxy groups -OCH3 is 1. The molecule has 192 valence electrons. The molecule has 0 bridgehead atoms. The van der Waals surface area contributed by atoms with Crippen LogP contribution in [0.2, 0.25) is 0 Å². The van der Waals surface area contributed by atoms with Gasteiger partial charge in [-0.25, -0.2) is 4.99 Å². The van der Waals surface area contributed by atoms with Gasteiger partial charge in [-0.2, -0.15) is 0 Å². The number of rotatable bonds is 8. The fourth-order valence-electron chi connectivity index (χ4n) is 3.98. The van der Waals surface area contributed by atoms with E-state index >= 15 is 0 Å². The maximum Gasteiger partial charge on any atom is 0.264 e. The van der Waals surface area contributed by atoms with E-state index in [-0.39, 0.29) is 5.91 Å². The van der Waals surface area contributed by atoms with Crippen LogP contribution in [-0.2, 0) is 11.4 Å². The Hall–Kier alpha value is -3.50. The Labute approximate surface area is 239 Å². The SMILES string of the molecule is CCOc1ccc(N=C2NC(=O)/C(=C\c3cc(I)c(OCc4ccc5ccccc5c4)c(OC)c3)S2)cc1. The van der Waals surface area contributed by atoms with Crippen LogP contribution in [0.4, 0.5) is 5.69 Å². The quantitative estimate of drug-likeness (QED) is 0.162. The van der Waals surface area contributed by atoms with Crippen molar-refractivity contribution < 1.29 is 19.0 Å². The lowest BCUT2D eigenvalue weighted by atomic mass is 10.1. The average Bonchev–Trinajstić information content (AvgIpc) is 3.26. The second-order valence-corrected chi connectivity index (χ2v) is 10.6. The van der Waals surface area contributed by atoms with Crippen molar-refractivity contribution in [3.05, 3.63) is 98.5 Å². The van der Waals surface area contributed by atoms with Gasteiger partial charge < -0.3 is 19.5 Å². The number of amidine groups is 1. The van der Waals surface area contributed by atoms with E-state index in [1.54, 1.807) is 7.11 Å². The van der Waals surface area contributed by atoms with E-state index < -0.39 is 0 Å². The molecule has 1 heterocycles. The van der Waals surface area contributed by atoms with Crippen LogP contribution < -0.4 is 19.5 Å². The van der Waals surface area contributed by atoms with Gasteiger partial charge in [-0.3, -0.25) is 4.79 Å². The summed E-state index contributed by atoms with van der Waals surface area (Å²) in [5.74, 6) is 1.87. The van der Waals surface area contributed by atoms with Crippen LogP contribution in [-0.4, -0.2) is 24.8 Å². The fourth-order valence-corrected chi connectivity index (χ4v) is 5.60. The maximum absolute atomic E-state index is 12.6. The van der Waals surface area contributed by atoms with Gasteiger partial charge in [0.1, 0.15) is 12.4 Å². The monoisotopic (exact) mass is 636 g/mol. The van der Waals surface area contributed by atoms with Gasteiger partial charge in [0.15, 0.2) is 16.7 Å². The van der Waals surface area contributed by atoms with Crippen molar-refractivity contribution in [3.63, 3.8) is 0 Å². The summed E-state index contributed by atoms with van der Waals surface area (Å²) in [6.45, 7) is 2.96. The highest BCUT2D eigenvalue weighted by molar-refractivity contribution is 14.1. The lowest BCUT2D eigenvalue weighted by molar-refractivity contribution is -0.115. The molecule has 0 spiro atoms. The number of hydrogen-bond acceptors (Lipinski definition) is 6. The molecule has 6 nitrogen and oxygen atoms in total. The molecule has 1 fully saturated rings. The van der Waals surface area contributed by atoms with Crippen molar-refractivity contribution >= 4 is 68.0 Å². The third kappa shape index (κ3) is 6.14. The summed E-state index contributed by atoms with van der Waals surface area (Å²) in [5.41, 5.74) is 2.65. The molecule has 38 heavy (non-hydrogen) atoms. The minimum atomic E-state index is -0.190. The number of aliphatic imine (C=N–C) groups is 1. The summed E-state index contributed by atoms with van der Waals surface area (Å²) >= 11 is 3.54. The third-order valence-electron chi connectivity index (χ3n) is 5.78. The van der Waals surface area contributed by atoms with Gasteiger partial charge in [-0.1, -0.05) is 36.4 Å². The van der Waals surface area contributed by atoms with Crippen molar-refractivity contribution in [2.75, 3.05) is 13.7 Å². The van der Waals surface area contributed by atoms with Crippen LogP contribution in [0.25, 0.3) is 16.8 Å². The summed E-state index contributed by atoms with van der Waals surface area (Å²) in [4.78, 5) is 17.7. The predicted octanol–water partition coefficient (Wildman–Crippen LogP) is 7.32. The Morgan fingerprint density at radius 3 is 2.53 bits per heavy atom. The van der Waals surface area contributed by atoms with E-state index in [0.29, 0.717) is 34.8 Å². The van der Waals surface area contributed by atoms with Gasteiger partial charge in [0, 0.05) is 0 Å². The number of ether oxygens (including phenoxy) is 3.